The van der Waals surface area contributed by atoms with Crippen molar-refractivity contribution in [3.8, 4) is 0 Å². The Balaban J connectivity index is 1.51. The van der Waals surface area contributed by atoms with Crippen molar-refractivity contribution in [3.63, 3.8) is 0 Å². The third-order valence-corrected chi connectivity index (χ3v) is 7.89. The number of nitrogens with zero attached hydrogens (tertiary/aromatic N) is 1. The standard InChI is InChI=1S/C34H38N2O2S/c1-4-31(21-32-22-39-23-35-32)36-34(38)30-19-27(12-8-11-26-9-6-5-7-10-26)18-29(20-30)33(37)17-25(3)28-15-13-24(2)14-16-28/h5-7,9-10,13-16,18-20,22-23,25,31H,4,8,11-12,17,21H2,1-3H3,(H,36,38)/t25-,31+/m0/s1. The van der Waals surface area contributed by atoms with Crippen LogP contribution < -0.4 is 5.32 Å². The molecule has 0 saturated carbocycles. The molecule has 39 heavy (non-hydrogen) atoms. The predicted octanol–water partition coefficient (Wildman–Crippen LogP) is 7.75. The highest BCUT2D eigenvalue weighted by Gasteiger charge is 2.19. The summed E-state index contributed by atoms with van der Waals surface area (Å²) in [6.45, 7) is 6.22. The van der Waals surface area contributed by atoms with Crippen LogP contribution in [0.4, 0.5) is 0 Å². The van der Waals surface area contributed by atoms with E-state index in [0.29, 0.717) is 24.0 Å². The van der Waals surface area contributed by atoms with E-state index >= 15 is 0 Å². The number of aromatic nitrogens is 1. The van der Waals surface area contributed by atoms with Crippen LogP contribution in [0, 0.1) is 6.92 Å². The van der Waals surface area contributed by atoms with Gasteiger partial charge in [-0.15, -0.1) is 11.3 Å². The van der Waals surface area contributed by atoms with Crippen molar-refractivity contribution in [2.24, 2.45) is 0 Å². The van der Waals surface area contributed by atoms with E-state index in [1.807, 2.05) is 29.1 Å². The molecule has 5 heteroatoms. The first kappa shape index (κ1) is 28.4. The quantitative estimate of drug-likeness (QED) is 0.177. The molecule has 1 heterocycles. The maximum absolute atomic E-state index is 13.5. The Labute approximate surface area is 236 Å². The second-order valence-electron chi connectivity index (χ2n) is 10.5. The first-order valence-corrected chi connectivity index (χ1v) is 14.8. The third kappa shape index (κ3) is 8.46. The lowest BCUT2D eigenvalue weighted by molar-refractivity contribution is 0.0935. The number of Topliss-reactive ketones (excluding diaryl/α,β-unsaturated/α-hetero) is 1. The van der Waals surface area contributed by atoms with Gasteiger partial charge in [-0.2, -0.15) is 0 Å². The minimum Gasteiger partial charge on any atom is -0.349 e. The average molecular weight is 539 g/mol. The molecular weight excluding hydrogens is 500 g/mol. The molecule has 0 unspecified atom stereocenters. The molecule has 4 nitrogen and oxygen atoms in total. The molecule has 202 valence electrons. The lowest BCUT2D eigenvalue weighted by atomic mass is 9.91. The number of carbonyl (C=O) groups excluding carboxylic acids is 2. The summed E-state index contributed by atoms with van der Waals surface area (Å²) in [7, 11) is 0. The Morgan fingerprint density at radius 3 is 2.33 bits per heavy atom. The number of rotatable bonds is 13. The van der Waals surface area contributed by atoms with Gasteiger partial charge in [0.1, 0.15) is 0 Å². The summed E-state index contributed by atoms with van der Waals surface area (Å²) in [4.78, 5) is 31.2. The van der Waals surface area contributed by atoms with Crippen LogP contribution in [-0.4, -0.2) is 22.7 Å². The van der Waals surface area contributed by atoms with Crippen LogP contribution in [0.1, 0.15) is 87.7 Å². The van der Waals surface area contributed by atoms with Crippen LogP contribution in [0.25, 0.3) is 0 Å². The zero-order chi connectivity index (χ0) is 27.6. The molecule has 0 radical (unpaired) electrons. The SMILES string of the molecule is CC[C@H](Cc1cscn1)NC(=O)c1cc(CCCc2ccccc2)cc(C(=O)C[C@H](C)c2ccc(C)cc2)c1. The Morgan fingerprint density at radius 2 is 1.64 bits per heavy atom. The van der Waals surface area contributed by atoms with Crippen LogP contribution in [0.2, 0.25) is 0 Å². The first-order chi connectivity index (χ1) is 18.9. The van der Waals surface area contributed by atoms with E-state index in [9.17, 15) is 9.59 Å². The van der Waals surface area contributed by atoms with Crippen molar-refractivity contribution in [3.05, 3.63) is 123 Å². The van der Waals surface area contributed by atoms with Crippen molar-refractivity contribution in [1.82, 2.24) is 10.3 Å². The molecule has 1 amide bonds. The normalized spacial score (nSPS) is 12.6. The number of hydrogen-bond acceptors (Lipinski definition) is 4. The van der Waals surface area contributed by atoms with Crippen molar-refractivity contribution < 1.29 is 9.59 Å². The van der Waals surface area contributed by atoms with Crippen molar-refractivity contribution in [1.29, 1.82) is 0 Å². The zero-order valence-corrected chi connectivity index (χ0v) is 24.0. The minimum absolute atomic E-state index is 0.0120. The number of ketones is 1. The summed E-state index contributed by atoms with van der Waals surface area (Å²) in [5, 5.41) is 5.20. The Kier molecular flexibility index (Phi) is 10.2. The molecule has 0 aliphatic rings. The van der Waals surface area contributed by atoms with E-state index in [-0.39, 0.29) is 23.7 Å². The van der Waals surface area contributed by atoms with Crippen LogP contribution >= 0.6 is 11.3 Å². The van der Waals surface area contributed by atoms with Gasteiger partial charge >= 0.3 is 0 Å². The van der Waals surface area contributed by atoms with E-state index in [4.69, 9.17) is 0 Å². The van der Waals surface area contributed by atoms with E-state index in [1.165, 1.54) is 11.1 Å². The van der Waals surface area contributed by atoms with E-state index in [2.05, 4.69) is 79.6 Å². The molecule has 0 aliphatic carbocycles. The van der Waals surface area contributed by atoms with Gasteiger partial charge in [-0.05, 0) is 73.4 Å². The summed E-state index contributed by atoms with van der Waals surface area (Å²) in [5.74, 6) is 0.0267. The Hall–Kier alpha value is -3.57. The number of nitrogens with one attached hydrogen (secondary N) is 1. The number of benzene rings is 3. The second kappa shape index (κ2) is 14.0. The van der Waals surface area contributed by atoms with Crippen molar-refractivity contribution in [2.75, 3.05) is 0 Å². The first-order valence-electron chi connectivity index (χ1n) is 13.9. The molecule has 1 aromatic heterocycles. The summed E-state index contributed by atoms with van der Waals surface area (Å²) >= 11 is 1.56. The van der Waals surface area contributed by atoms with Crippen LogP contribution in [-0.2, 0) is 19.3 Å². The van der Waals surface area contributed by atoms with Gasteiger partial charge in [0.25, 0.3) is 5.91 Å². The fourth-order valence-electron chi connectivity index (χ4n) is 4.84. The van der Waals surface area contributed by atoms with E-state index in [1.54, 1.807) is 17.4 Å². The second-order valence-corrected chi connectivity index (χ2v) is 11.2. The number of hydrogen-bond donors (Lipinski definition) is 1. The summed E-state index contributed by atoms with van der Waals surface area (Å²) < 4.78 is 0. The molecule has 2 atom stereocenters. The molecule has 1 N–H and O–H groups in total. The molecule has 3 aromatic carbocycles. The molecule has 0 saturated heterocycles. The molecule has 0 fully saturated rings. The van der Waals surface area contributed by atoms with E-state index in [0.717, 1.165) is 42.5 Å². The van der Waals surface area contributed by atoms with Crippen molar-refractivity contribution >= 4 is 23.0 Å². The topological polar surface area (TPSA) is 59.1 Å². The van der Waals surface area contributed by atoms with Gasteiger partial charge in [-0.3, -0.25) is 9.59 Å². The smallest absolute Gasteiger partial charge is 0.251 e. The van der Waals surface area contributed by atoms with Crippen LogP contribution in [0.3, 0.4) is 0 Å². The summed E-state index contributed by atoms with van der Waals surface area (Å²) in [6, 6.07) is 24.5. The fraction of sp³-hybridized carbons (Fsp3) is 0.324. The molecule has 0 spiro atoms. The number of aryl methyl sites for hydroxylation is 3. The molecular formula is C34H38N2O2S. The Morgan fingerprint density at radius 1 is 0.923 bits per heavy atom. The van der Waals surface area contributed by atoms with Gasteiger partial charge < -0.3 is 5.32 Å². The maximum Gasteiger partial charge on any atom is 0.251 e. The minimum atomic E-state index is -0.136. The van der Waals surface area contributed by atoms with Crippen LogP contribution in [0.15, 0.2) is 83.7 Å². The van der Waals surface area contributed by atoms with Gasteiger partial charge in [-0.25, -0.2) is 4.98 Å². The van der Waals surface area contributed by atoms with E-state index < -0.39 is 0 Å². The lowest BCUT2D eigenvalue weighted by Crippen LogP contribution is -2.36. The molecule has 4 aromatic rings. The van der Waals surface area contributed by atoms with Gasteiger partial charge in [0, 0.05) is 35.4 Å². The van der Waals surface area contributed by atoms with Gasteiger partial charge in [0.05, 0.1) is 11.2 Å². The average Bonchev–Trinajstić information content (AvgIpc) is 3.46. The fourth-order valence-corrected chi connectivity index (χ4v) is 5.41. The van der Waals surface area contributed by atoms with Gasteiger partial charge in [0.2, 0.25) is 0 Å². The lowest BCUT2D eigenvalue weighted by Gasteiger charge is -2.17. The number of thiazole rings is 1. The largest absolute Gasteiger partial charge is 0.349 e. The molecule has 4 rings (SSSR count). The highest BCUT2D eigenvalue weighted by molar-refractivity contribution is 7.07. The highest BCUT2D eigenvalue weighted by atomic mass is 32.1. The van der Waals surface area contributed by atoms with Gasteiger partial charge in [-0.1, -0.05) is 74.0 Å². The zero-order valence-electron chi connectivity index (χ0n) is 23.2. The molecule has 0 aliphatic heterocycles. The third-order valence-electron chi connectivity index (χ3n) is 7.26. The van der Waals surface area contributed by atoms with Crippen molar-refractivity contribution in [2.45, 2.75) is 71.3 Å². The monoisotopic (exact) mass is 538 g/mol. The number of amides is 1. The highest BCUT2D eigenvalue weighted by Crippen LogP contribution is 2.23. The maximum atomic E-state index is 13.5. The van der Waals surface area contributed by atoms with Crippen LogP contribution in [0.5, 0.6) is 0 Å². The summed E-state index contributed by atoms with van der Waals surface area (Å²) in [6.07, 6.45) is 4.61. The predicted molar refractivity (Wildman–Crippen MR) is 161 cm³/mol. The summed E-state index contributed by atoms with van der Waals surface area (Å²) in [5.41, 5.74) is 8.65. The Bertz CT molecular complexity index is 1350. The molecule has 0 bridgehead atoms. The van der Waals surface area contributed by atoms with Gasteiger partial charge in [0.15, 0.2) is 5.78 Å². The number of carbonyl (C=O) groups is 2.